The van der Waals surface area contributed by atoms with Gasteiger partial charge in [-0.3, -0.25) is 4.79 Å². The van der Waals surface area contributed by atoms with Crippen LogP contribution < -0.4 is 0 Å². The summed E-state index contributed by atoms with van der Waals surface area (Å²) in [6, 6.07) is 9.78. The standard InChI is InChI=1S/C12H14O3/c1-15-12(14)11-9(7-13)10(11)8-5-3-2-4-6-8/h2-6,9-11,13H,7H2,1H3/t9-,10+,11-/m0/s1. The minimum Gasteiger partial charge on any atom is -0.469 e. The summed E-state index contributed by atoms with van der Waals surface area (Å²) in [6.07, 6.45) is 0. The van der Waals surface area contributed by atoms with Crippen molar-refractivity contribution in [2.45, 2.75) is 5.92 Å². The molecule has 1 fully saturated rings. The maximum Gasteiger partial charge on any atom is 0.309 e. The maximum absolute atomic E-state index is 11.4. The average Bonchev–Trinajstić information content (AvgIpc) is 3.03. The number of aliphatic hydroxyl groups is 1. The molecule has 1 N–H and O–H groups in total. The SMILES string of the molecule is COC(=O)[C@H]1[C@@H](CO)[C@H]1c1ccccc1. The molecule has 3 atom stereocenters. The van der Waals surface area contributed by atoms with Gasteiger partial charge in [0.15, 0.2) is 0 Å². The van der Waals surface area contributed by atoms with E-state index in [-0.39, 0.29) is 30.3 Å². The largest absolute Gasteiger partial charge is 0.469 e. The van der Waals surface area contributed by atoms with Crippen LogP contribution in [0.5, 0.6) is 0 Å². The fraction of sp³-hybridized carbons (Fsp3) is 0.417. The molecule has 3 heteroatoms. The maximum atomic E-state index is 11.4. The fourth-order valence-corrected chi connectivity index (χ4v) is 2.19. The molecule has 1 aromatic carbocycles. The summed E-state index contributed by atoms with van der Waals surface area (Å²) < 4.78 is 4.71. The van der Waals surface area contributed by atoms with E-state index >= 15 is 0 Å². The molecular formula is C12H14O3. The van der Waals surface area contributed by atoms with Gasteiger partial charge in [0.2, 0.25) is 0 Å². The molecule has 15 heavy (non-hydrogen) atoms. The van der Waals surface area contributed by atoms with E-state index in [1.54, 1.807) is 0 Å². The zero-order valence-corrected chi connectivity index (χ0v) is 8.59. The third kappa shape index (κ3) is 1.75. The zero-order valence-electron chi connectivity index (χ0n) is 8.59. The Morgan fingerprint density at radius 2 is 2.07 bits per heavy atom. The van der Waals surface area contributed by atoms with Gasteiger partial charge in [0, 0.05) is 18.4 Å². The zero-order chi connectivity index (χ0) is 10.8. The highest BCUT2D eigenvalue weighted by Crippen LogP contribution is 2.54. The predicted molar refractivity (Wildman–Crippen MR) is 55.3 cm³/mol. The monoisotopic (exact) mass is 206 g/mol. The Hall–Kier alpha value is -1.35. The molecule has 0 saturated heterocycles. The van der Waals surface area contributed by atoms with Crippen LogP contribution in [0.15, 0.2) is 30.3 Å². The van der Waals surface area contributed by atoms with E-state index in [9.17, 15) is 4.79 Å². The molecule has 0 unspecified atom stereocenters. The van der Waals surface area contributed by atoms with Gasteiger partial charge in [0.05, 0.1) is 13.0 Å². The van der Waals surface area contributed by atoms with Gasteiger partial charge in [-0.25, -0.2) is 0 Å². The van der Waals surface area contributed by atoms with E-state index in [2.05, 4.69) is 0 Å². The summed E-state index contributed by atoms with van der Waals surface area (Å²) in [5.74, 6) is -0.228. The molecule has 2 rings (SSSR count). The Balaban J connectivity index is 2.15. The van der Waals surface area contributed by atoms with Gasteiger partial charge in [0.1, 0.15) is 0 Å². The minimum absolute atomic E-state index is 0.0276. The van der Waals surface area contributed by atoms with Crippen molar-refractivity contribution in [2.75, 3.05) is 13.7 Å². The summed E-state index contributed by atoms with van der Waals surface area (Å²) in [7, 11) is 1.39. The van der Waals surface area contributed by atoms with Gasteiger partial charge < -0.3 is 9.84 Å². The highest BCUT2D eigenvalue weighted by molar-refractivity contribution is 5.78. The van der Waals surface area contributed by atoms with Gasteiger partial charge in [0.25, 0.3) is 0 Å². The molecule has 1 aliphatic rings. The predicted octanol–water partition coefficient (Wildman–Crippen LogP) is 1.18. The Morgan fingerprint density at radius 3 is 2.60 bits per heavy atom. The fourth-order valence-electron chi connectivity index (χ4n) is 2.19. The first-order chi connectivity index (χ1) is 7.29. The smallest absolute Gasteiger partial charge is 0.309 e. The number of aliphatic hydroxyl groups excluding tert-OH is 1. The highest BCUT2D eigenvalue weighted by Gasteiger charge is 2.55. The first-order valence-corrected chi connectivity index (χ1v) is 5.03. The normalized spacial score (nSPS) is 28.5. The molecular weight excluding hydrogens is 192 g/mol. The van der Waals surface area contributed by atoms with E-state index in [4.69, 9.17) is 9.84 Å². The van der Waals surface area contributed by atoms with Crippen molar-refractivity contribution in [3.05, 3.63) is 35.9 Å². The van der Waals surface area contributed by atoms with Crippen LogP contribution in [-0.4, -0.2) is 24.8 Å². The van der Waals surface area contributed by atoms with Gasteiger partial charge in [-0.2, -0.15) is 0 Å². The van der Waals surface area contributed by atoms with Crippen molar-refractivity contribution in [1.29, 1.82) is 0 Å². The number of carbonyl (C=O) groups excluding carboxylic acids is 1. The molecule has 1 aromatic rings. The van der Waals surface area contributed by atoms with Crippen LogP contribution in [0.1, 0.15) is 11.5 Å². The van der Waals surface area contributed by atoms with Gasteiger partial charge in [-0.05, 0) is 5.56 Å². The molecule has 0 aliphatic heterocycles. The first-order valence-electron chi connectivity index (χ1n) is 5.03. The number of hydrogen-bond donors (Lipinski definition) is 1. The lowest BCUT2D eigenvalue weighted by atomic mass is 10.1. The second kappa shape index (κ2) is 4.03. The van der Waals surface area contributed by atoms with Crippen LogP contribution >= 0.6 is 0 Å². The molecule has 0 amide bonds. The lowest BCUT2D eigenvalue weighted by Crippen LogP contribution is -2.06. The third-order valence-electron chi connectivity index (χ3n) is 3.04. The van der Waals surface area contributed by atoms with E-state index < -0.39 is 0 Å². The van der Waals surface area contributed by atoms with E-state index in [1.165, 1.54) is 7.11 Å². The van der Waals surface area contributed by atoms with Gasteiger partial charge in [-0.1, -0.05) is 30.3 Å². The molecule has 1 aliphatic carbocycles. The lowest BCUT2D eigenvalue weighted by molar-refractivity contribution is -0.142. The quantitative estimate of drug-likeness (QED) is 0.755. The Kier molecular flexibility index (Phi) is 2.73. The Morgan fingerprint density at radius 1 is 1.40 bits per heavy atom. The van der Waals surface area contributed by atoms with Crippen LogP contribution in [0.4, 0.5) is 0 Å². The molecule has 3 nitrogen and oxygen atoms in total. The molecule has 0 spiro atoms. The number of methoxy groups -OCH3 is 1. The van der Waals surface area contributed by atoms with Gasteiger partial charge in [-0.15, -0.1) is 0 Å². The number of hydrogen-bond acceptors (Lipinski definition) is 3. The van der Waals surface area contributed by atoms with E-state index in [0.717, 1.165) is 5.56 Å². The second-order valence-corrected chi connectivity index (χ2v) is 3.83. The molecule has 0 aromatic heterocycles. The second-order valence-electron chi connectivity index (χ2n) is 3.83. The molecule has 1 saturated carbocycles. The summed E-state index contributed by atoms with van der Waals surface area (Å²) >= 11 is 0. The summed E-state index contributed by atoms with van der Waals surface area (Å²) in [5, 5.41) is 9.14. The summed E-state index contributed by atoms with van der Waals surface area (Å²) in [5.41, 5.74) is 1.10. The van der Waals surface area contributed by atoms with Crippen LogP contribution in [0.3, 0.4) is 0 Å². The van der Waals surface area contributed by atoms with Gasteiger partial charge >= 0.3 is 5.97 Å². The first kappa shape index (κ1) is 10.2. The number of rotatable bonds is 3. The highest BCUT2D eigenvalue weighted by atomic mass is 16.5. The van der Waals surface area contributed by atoms with E-state index in [1.807, 2.05) is 30.3 Å². The van der Waals surface area contributed by atoms with Crippen LogP contribution in [0, 0.1) is 11.8 Å². The van der Waals surface area contributed by atoms with E-state index in [0.29, 0.717) is 0 Å². The topological polar surface area (TPSA) is 46.5 Å². The third-order valence-corrected chi connectivity index (χ3v) is 3.04. The molecule has 0 radical (unpaired) electrons. The van der Waals surface area contributed by atoms with Crippen LogP contribution in [0.25, 0.3) is 0 Å². The molecule has 0 bridgehead atoms. The number of carbonyl (C=O) groups is 1. The Labute approximate surface area is 88.7 Å². The van der Waals surface area contributed by atoms with Crippen molar-refractivity contribution >= 4 is 5.97 Å². The number of ether oxygens (including phenoxy) is 1. The van der Waals surface area contributed by atoms with Crippen molar-refractivity contribution < 1.29 is 14.6 Å². The minimum atomic E-state index is -0.220. The van der Waals surface area contributed by atoms with Crippen molar-refractivity contribution in [3.8, 4) is 0 Å². The van der Waals surface area contributed by atoms with Crippen molar-refractivity contribution in [1.82, 2.24) is 0 Å². The van der Waals surface area contributed by atoms with Crippen molar-refractivity contribution in [2.24, 2.45) is 11.8 Å². The number of benzene rings is 1. The molecule has 0 heterocycles. The molecule has 80 valence electrons. The average molecular weight is 206 g/mol. The summed E-state index contributed by atoms with van der Waals surface area (Å²) in [6.45, 7) is 0.0410. The number of esters is 1. The van der Waals surface area contributed by atoms with Crippen LogP contribution in [-0.2, 0) is 9.53 Å². The Bertz CT molecular complexity index is 347. The lowest BCUT2D eigenvalue weighted by Gasteiger charge is -1.98. The van der Waals surface area contributed by atoms with Crippen LogP contribution in [0.2, 0.25) is 0 Å². The van der Waals surface area contributed by atoms with Crippen molar-refractivity contribution in [3.63, 3.8) is 0 Å². The summed E-state index contributed by atoms with van der Waals surface area (Å²) in [4.78, 5) is 11.4.